The number of nitrogens with zero attached hydrogens (tertiary/aromatic N) is 5. The van der Waals surface area contributed by atoms with Gasteiger partial charge < -0.3 is 10.1 Å². The zero-order valence-electron chi connectivity index (χ0n) is 11.9. The van der Waals surface area contributed by atoms with E-state index < -0.39 is 5.54 Å². The molecular weight excluding hydrogens is 252 g/mol. The van der Waals surface area contributed by atoms with Crippen molar-refractivity contribution >= 4 is 5.65 Å². The van der Waals surface area contributed by atoms with Crippen molar-refractivity contribution in [1.29, 1.82) is 0 Å². The molecule has 2 N–H and O–H groups in total. The number of fused-ring (bicyclic) bond motifs is 1. The number of aromatic nitrogens is 5. The minimum atomic E-state index is -0.478. The van der Waals surface area contributed by atoms with Gasteiger partial charge in [0.15, 0.2) is 0 Å². The molecule has 0 aromatic carbocycles. The van der Waals surface area contributed by atoms with Gasteiger partial charge in [-0.25, -0.2) is 9.67 Å². The van der Waals surface area contributed by atoms with Crippen molar-refractivity contribution in [2.75, 3.05) is 0 Å². The summed E-state index contributed by atoms with van der Waals surface area (Å²) >= 11 is 0. The molecule has 0 radical (unpaired) electrons. The summed E-state index contributed by atoms with van der Waals surface area (Å²) in [6.45, 7) is 6.47. The fourth-order valence-corrected chi connectivity index (χ4v) is 2.07. The molecule has 6 heteroatoms. The first-order valence-corrected chi connectivity index (χ1v) is 6.55. The highest BCUT2D eigenvalue weighted by Crippen LogP contribution is 2.13. The van der Waals surface area contributed by atoms with Crippen molar-refractivity contribution in [3.8, 4) is 0 Å². The Balaban J connectivity index is 1.87. The third kappa shape index (κ3) is 2.42. The molecule has 3 heterocycles. The molecule has 0 saturated heterocycles. The Morgan fingerprint density at radius 1 is 1.20 bits per heavy atom. The first-order valence-electron chi connectivity index (χ1n) is 6.55. The van der Waals surface area contributed by atoms with E-state index in [4.69, 9.17) is 5.73 Å². The van der Waals surface area contributed by atoms with Gasteiger partial charge in [0.05, 0.1) is 24.0 Å². The van der Waals surface area contributed by atoms with Crippen molar-refractivity contribution in [3.05, 3.63) is 47.7 Å². The molecule has 0 atom stereocenters. The van der Waals surface area contributed by atoms with Crippen LogP contribution >= 0.6 is 0 Å². The van der Waals surface area contributed by atoms with E-state index in [-0.39, 0.29) is 0 Å². The lowest BCUT2D eigenvalue weighted by Gasteiger charge is -2.13. The van der Waals surface area contributed by atoms with Crippen LogP contribution in [0.5, 0.6) is 0 Å². The Labute approximate surface area is 117 Å². The van der Waals surface area contributed by atoms with E-state index in [1.807, 2.05) is 36.7 Å². The third-order valence-corrected chi connectivity index (χ3v) is 3.17. The SMILES string of the molecule is Cc1ccc2nc(Cn3cc(C(C)(C)N)nn3)cn2c1. The van der Waals surface area contributed by atoms with Crippen molar-refractivity contribution in [2.45, 2.75) is 32.9 Å². The normalized spacial score (nSPS) is 12.2. The molecule has 0 spiro atoms. The van der Waals surface area contributed by atoms with Crippen LogP contribution in [0.2, 0.25) is 0 Å². The van der Waals surface area contributed by atoms with Crippen LogP contribution < -0.4 is 5.73 Å². The molecule has 0 bridgehead atoms. The topological polar surface area (TPSA) is 74.0 Å². The summed E-state index contributed by atoms with van der Waals surface area (Å²) in [7, 11) is 0. The number of aryl methyl sites for hydroxylation is 1. The number of rotatable bonds is 3. The van der Waals surface area contributed by atoms with Crippen LogP contribution in [-0.2, 0) is 12.1 Å². The Morgan fingerprint density at radius 2 is 2.00 bits per heavy atom. The van der Waals surface area contributed by atoms with E-state index >= 15 is 0 Å². The van der Waals surface area contributed by atoms with Crippen molar-refractivity contribution < 1.29 is 0 Å². The lowest BCUT2D eigenvalue weighted by atomic mass is 10.0. The second-order valence-electron chi connectivity index (χ2n) is 5.73. The van der Waals surface area contributed by atoms with Gasteiger partial charge in [-0.2, -0.15) is 0 Å². The van der Waals surface area contributed by atoms with Gasteiger partial charge in [0.25, 0.3) is 0 Å². The molecular formula is C14H18N6. The lowest BCUT2D eigenvalue weighted by molar-refractivity contribution is 0.533. The largest absolute Gasteiger partial charge is 0.320 e. The highest BCUT2D eigenvalue weighted by molar-refractivity contribution is 5.41. The molecule has 0 aliphatic heterocycles. The van der Waals surface area contributed by atoms with Crippen LogP contribution in [0.4, 0.5) is 0 Å². The Hall–Kier alpha value is -2.21. The molecule has 0 amide bonds. The van der Waals surface area contributed by atoms with E-state index in [1.54, 1.807) is 4.68 Å². The van der Waals surface area contributed by atoms with Gasteiger partial charge in [-0.05, 0) is 32.4 Å². The highest BCUT2D eigenvalue weighted by Gasteiger charge is 2.18. The van der Waals surface area contributed by atoms with E-state index in [0.29, 0.717) is 6.54 Å². The summed E-state index contributed by atoms with van der Waals surface area (Å²) in [5.41, 5.74) is 9.39. The molecule has 0 unspecified atom stereocenters. The van der Waals surface area contributed by atoms with Gasteiger partial charge in [-0.1, -0.05) is 11.3 Å². The van der Waals surface area contributed by atoms with E-state index in [0.717, 1.165) is 17.0 Å². The Bertz CT molecular complexity index is 746. The van der Waals surface area contributed by atoms with E-state index in [9.17, 15) is 0 Å². The molecule has 6 nitrogen and oxygen atoms in total. The maximum absolute atomic E-state index is 6.01. The van der Waals surface area contributed by atoms with Crippen LogP contribution in [0.3, 0.4) is 0 Å². The molecule has 20 heavy (non-hydrogen) atoms. The number of nitrogens with two attached hydrogens (primary N) is 1. The van der Waals surface area contributed by atoms with Crippen LogP contribution in [0.25, 0.3) is 5.65 Å². The molecule has 3 aromatic rings. The quantitative estimate of drug-likeness (QED) is 0.782. The molecule has 3 aromatic heterocycles. The van der Waals surface area contributed by atoms with Crippen LogP contribution in [0, 0.1) is 6.92 Å². The lowest BCUT2D eigenvalue weighted by Crippen LogP contribution is -2.29. The van der Waals surface area contributed by atoms with Gasteiger partial charge in [-0.15, -0.1) is 5.10 Å². The predicted octanol–water partition coefficient (Wildman–Crippen LogP) is 1.48. The summed E-state index contributed by atoms with van der Waals surface area (Å²) in [5, 5.41) is 8.21. The monoisotopic (exact) mass is 270 g/mol. The van der Waals surface area contributed by atoms with Crippen molar-refractivity contribution in [1.82, 2.24) is 24.4 Å². The summed E-state index contributed by atoms with van der Waals surface area (Å²) in [5.74, 6) is 0. The van der Waals surface area contributed by atoms with Crippen molar-refractivity contribution in [3.63, 3.8) is 0 Å². The number of imidazole rings is 1. The fourth-order valence-electron chi connectivity index (χ4n) is 2.07. The second kappa shape index (κ2) is 4.42. The smallest absolute Gasteiger partial charge is 0.137 e. The van der Waals surface area contributed by atoms with E-state index in [1.165, 1.54) is 5.56 Å². The Morgan fingerprint density at radius 3 is 2.70 bits per heavy atom. The zero-order valence-corrected chi connectivity index (χ0v) is 11.9. The predicted molar refractivity (Wildman–Crippen MR) is 76.3 cm³/mol. The van der Waals surface area contributed by atoms with E-state index in [2.05, 4.69) is 34.5 Å². The second-order valence-corrected chi connectivity index (χ2v) is 5.73. The number of hydrogen-bond donors (Lipinski definition) is 1. The van der Waals surface area contributed by atoms with Crippen LogP contribution in [0.15, 0.2) is 30.7 Å². The molecule has 104 valence electrons. The molecule has 0 fully saturated rings. The minimum absolute atomic E-state index is 0.478. The molecule has 0 saturated carbocycles. The summed E-state index contributed by atoms with van der Waals surface area (Å²) in [4.78, 5) is 4.56. The minimum Gasteiger partial charge on any atom is -0.320 e. The molecule has 0 aliphatic carbocycles. The van der Waals surface area contributed by atoms with Gasteiger partial charge in [-0.3, -0.25) is 0 Å². The molecule has 3 rings (SSSR count). The van der Waals surface area contributed by atoms with Gasteiger partial charge in [0.2, 0.25) is 0 Å². The maximum atomic E-state index is 6.01. The highest BCUT2D eigenvalue weighted by atomic mass is 15.4. The zero-order chi connectivity index (χ0) is 14.3. The maximum Gasteiger partial charge on any atom is 0.137 e. The summed E-state index contributed by atoms with van der Waals surface area (Å²) in [6, 6.07) is 4.06. The first kappa shape index (κ1) is 12.8. The fraction of sp³-hybridized carbons (Fsp3) is 0.357. The summed E-state index contributed by atoms with van der Waals surface area (Å²) < 4.78 is 3.79. The summed E-state index contributed by atoms with van der Waals surface area (Å²) in [6.07, 6.45) is 5.94. The first-order chi connectivity index (χ1) is 9.41. The van der Waals surface area contributed by atoms with Gasteiger partial charge in [0, 0.05) is 12.4 Å². The van der Waals surface area contributed by atoms with Gasteiger partial charge in [0.1, 0.15) is 11.3 Å². The average molecular weight is 270 g/mol. The number of hydrogen-bond acceptors (Lipinski definition) is 4. The molecule has 0 aliphatic rings. The Kier molecular flexibility index (Phi) is 2.83. The standard InChI is InChI=1S/C14H18N6/c1-10-4-5-13-16-11(7-19(13)6-10)8-20-9-12(17-18-20)14(2,3)15/h4-7,9H,8,15H2,1-3H3. The number of pyridine rings is 1. The third-order valence-electron chi connectivity index (χ3n) is 3.17. The van der Waals surface area contributed by atoms with Crippen LogP contribution in [0.1, 0.15) is 30.8 Å². The van der Waals surface area contributed by atoms with Crippen LogP contribution in [-0.4, -0.2) is 24.4 Å². The van der Waals surface area contributed by atoms with Crippen molar-refractivity contribution in [2.24, 2.45) is 5.73 Å². The van der Waals surface area contributed by atoms with Gasteiger partial charge >= 0.3 is 0 Å². The average Bonchev–Trinajstić information content (AvgIpc) is 2.94.